The Balaban J connectivity index is 1.73. The number of carbonyl (C=O) groups excluding carboxylic acids is 2. The molecule has 1 aliphatic rings. The molecule has 2 heterocycles. The van der Waals surface area contributed by atoms with Gasteiger partial charge < -0.3 is 15.2 Å². The molecule has 3 rings (SSSR count). The second kappa shape index (κ2) is 6.28. The van der Waals surface area contributed by atoms with Gasteiger partial charge in [0.15, 0.2) is 0 Å². The fraction of sp³-hybridized carbons (Fsp3) is 0.412. The summed E-state index contributed by atoms with van der Waals surface area (Å²) in [5.74, 6) is 1.01. The maximum Gasteiger partial charge on any atom is 0.239 e. The number of carbonyl (C=O) groups is 2. The highest BCUT2D eigenvalue weighted by Crippen LogP contribution is 2.26. The molecule has 1 aromatic heterocycles. The first kappa shape index (κ1) is 15.9. The van der Waals surface area contributed by atoms with Crippen molar-refractivity contribution in [3.63, 3.8) is 0 Å². The van der Waals surface area contributed by atoms with Crippen LogP contribution >= 0.6 is 11.8 Å². The lowest BCUT2D eigenvalue weighted by Gasteiger charge is -2.14. The average Bonchev–Trinajstić information content (AvgIpc) is 3.02. The van der Waals surface area contributed by atoms with Gasteiger partial charge in [-0.05, 0) is 38.0 Å². The Hall–Kier alpha value is -1.95. The molecule has 0 bridgehead atoms. The van der Waals surface area contributed by atoms with Crippen LogP contribution in [0, 0.1) is 20.8 Å². The number of rotatable bonds is 4. The van der Waals surface area contributed by atoms with Gasteiger partial charge in [-0.1, -0.05) is 11.6 Å². The van der Waals surface area contributed by atoms with Crippen LogP contribution in [-0.2, 0) is 16.1 Å². The Morgan fingerprint density at radius 2 is 2.13 bits per heavy atom. The number of amides is 2. The fourth-order valence-electron chi connectivity index (χ4n) is 2.89. The Bertz CT molecular complexity index is 782. The summed E-state index contributed by atoms with van der Waals surface area (Å²) >= 11 is 1.55. The van der Waals surface area contributed by atoms with Crippen LogP contribution in [0.25, 0.3) is 10.9 Å². The molecule has 1 aliphatic heterocycles. The highest BCUT2D eigenvalue weighted by Gasteiger charge is 2.22. The fourth-order valence-corrected chi connectivity index (χ4v) is 3.79. The maximum absolute atomic E-state index is 12.1. The van der Waals surface area contributed by atoms with Crippen molar-refractivity contribution in [1.29, 1.82) is 0 Å². The molecule has 6 heteroatoms. The normalized spacial score (nSPS) is 14.7. The van der Waals surface area contributed by atoms with Crippen LogP contribution in [-0.4, -0.2) is 39.9 Å². The molecule has 0 aliphatic carbocycles. The van der Waals surface area contributed by atoms with E-state index in [2.05, 4.69) is 43.2 Å². The van der Waals surface area contributed by atoms with Crippen molar-refractivity contribution in [2.24, 2.45) is 0 Å². The predicted octanol–water partition coefficient (Wildman–Crippen LogP) is 2.24. The van der Waals surface area contributed by atoms with E-state index < -0.39 is 0 Å². The molecule has 1 aromatic carbocycles. The molecule has 1 fully saturated rings. The van der Waals surface area contributed by atoms with E-state index in [0.29, 0.717) is 18.2 Å². The molecule has 23 heavy (non-hydrogen) atoms. The van der Waals surface area contributed by atoms with Gasteiger partial charge in [0.1, 0.15) is 6.54 Å². The zero-order valence-electron chi connectivity index (χ0n) is 13.7. The van der Waals surface area contributed by atoms with E-state index in [9.17, 15) is 9.59 Å². The van der Waals surface area contributed by atoms with E-state index >= 15 is 0 Å². The summed E-state index contributed by atoms with van der Waals surface area (Å²) in [4.78, 5) is 28.6. The number of nitrogens with one attached hydrogen (secondary N) is 2. The second-order valence-electron chi connectivity index (χ2n) is 6.07. The van der Waals surface area contributed by atoms with Crippen LogP contribution in [0.2, 0.25) is 0 Å². The molecule has 2 aromatic rings. The monoisotopic (exact) mass is 331 g/mol. The lowest BCUT2D eigenvalue weighted by molar-refractivity contribution is -0.132. The van der Waals surface area contributed by atoms with Gasteiger partial charge in [-0.2, -0.15) is 0 Å². The van der Waals surface area contributed by atoms with Crippen molar-refractivity contribution >= 4 is 34.5 Å². The summed E-state index contributed by atoms with van der Waals surface area (Å²) in [6.07, 6.45) is 0. The third kappa shape index (κ3) is 3.22. The topological polar surface area (TPSA) is 65.2 Å². The number of nitrogens with zero attached hydrogens (tertiary/aromatic N) is 1. The van der Waals surface area contributed by atoms with Gasteiger partial charge in [-0.3, -0.25) is 9.59 Å². The molecule has 0 saturated carbocycles. The van der Waals surface area contributed by atoms with Crippen molar-refractivity contribution in [3.8, 4) is 0 Å². The smallest absolute Gasteiger partial charge is 0.239 e. The van der Waals surface area contributed by atoms with Crippen LogP contribution in [0.5, 0.6) is 0 Å². The zero-order valence-corrected chi connectivity index (χ0v) is 14.5. The van der Waals surface area contributed by atoms with Gasteiger partial charge in [-0.25, -0.2) is 0 Å². The molecule has 1 saturated heterocycles. The van der Waals surface area contributed by atoms with Crippen molar-refractivity contribution < 1.29 is 9.59 Å². The van der Waals surface area contributed by atoms with E-state index in [1.807, 2.05) is 0 Å². The molecule has 2 N–H and O–H groups in total. The van der Waals surface area contributed by atoms with Crippen LogP contribution in [0.3, 0.4) is 0 Å². The number of aromatic nitrogens is 1. The quantitative estimate of drug-likeness (QED) is 0.903. The molecule has 0 spiro atoms. The number of hydrogen-bond acceptors (Lipinski definition) is 3. The number of H-pyrrole nitrogens is 1. The van der Waals surface area contributed by atoms with Crippen molar-refractivity contribution in [3.05, 3.63) is 34.5 Å². The van der Waals surface area contributed by atoms with Gasteiger partial charge in [0, 0.05) is 17.6 Å². The average molecular weight is 331 g/mol. The molecule has 122 valence electrons. The second-order valence-corrected chi connectivity index (χ2v) is 7.02. The highest BCUT2D eigenvalue weighted by atomic mass is 32.2. The number of aryl methyl sites for hydroxylation is 3. The van der Waals surface area contributed by atoms with Crippen LogP contribution < -0.4 is 5.32 Å². The van der Waals surface area contributed by atoms with Gasteiger partial charge in [0.25, 0.3) is 0 Å². The maximum atomic E-state index is 12.1. The number of benzene rings is 1. The molecule has 2 amide bonds. The Morgan fingerprint density at radius 1 is 1.35 bits per heavy atom. The van der Waals surface area contributed by atoms with Gasteiger partial charge in [0.2, 0.25) is 11.8 Å². The van der Waals surface area contributed by atoms with Gasteiger partial charge in [-0.15, -0.1) is 11.8 Å². The van der Waals surface area contributed by atoms with E-state index in [1.54, 1.807) is 16.7 Å². The summed E-state index contributed by atoms with van der Waals surface area (Å²) in [5.41, 5.74) is 5.73. The molecular weight excluding hydrogens is 310 g/mol. The van der Waals surface area contributed by atoms with Gasteiger partial charge >= 0.3 is 0 Å². The first-order chi connectivity index (χ1) is 11.0. The third-order valence-electron chi connectivity index (χ3n) is 4.28. The number of aromatic amines is 1. The van der Waals surface area contributed by atoms with Gasteiger partial charge in [0.05, 0.1) is 17.1 Å². The summed E-state index contributed by atoms with van der Waals surface area (Å²) in [7, 11) is 0. The van der Waals surface area contributed by atoms with Crippen molar-refractivity contribution in [1.82, 2.24) is 15.2 Å². The molecule has 0 radical (unpaired) electrons. The Morgan fingerprint density at radius 3 is 2.83 bits per heavy atom. The summed E-state index contributed by atoms with van der Waals surface area (Å²) in [6.45, 7) is 6.83. The lowest BCUT2D eigenvalue weighted by atomic mass is 10.0. The van der Waals surface area contributed by atoms with E-state index in [0.717, 1.165) is 16.8 Å². The summed E-state index contributed by atoms with van der Waals surface area (Å²) in [6, 6.07) is 4.26. The SMILES string of the molecule is Cc1cc(CNC(=O)CN2CSCC2=O)c2[nH]c(C)c(C)c2c1. The molecular formula is C17H21N3O2S. The lowest BCUT2D eigenvalue weighted by Crippen LogP contribution is -2.37. The summed E-state index contributed by atoms with van der Waals surface area (Å²) < 4.78 is 0. The van der Waals surface area contributed by atoms with Crippen molar-refractivity contribution in [2.45, 2.75) is 27.3 Å². The highest BCUT2D eigenvalue weighted by molar-refractivity contribution is 8.00. The summed E-state index contributed by atoms with van der Waals surface area (Å²) in [5, 5.41) is 4.14. The van der Waals surface area contributed by atoms with E-state index in [4.69, 9.17) is 0 Å². The minimum absolute atomic E-state index is 0.0405. The third-order valence-corrected chi connectivity index (χ3v) is 5.22. The van der Waals surface area contributed by atoms with Crippen LogP contribution in [0.15, 0.2) is 12.1 Å². The largest absolute Gasteiger partial charge is 0.358 e. The Labute approximate surface area is 139 Å². The van der Waals surface area contributed by atoms with Crippen LogP contribution in [0.4, 0.5) is 0 Å². The minimum Gasteiger partial charge on any atom is -0.358 e. The van der Waals surface area contributed by atoms with E-state index in [1.165, 1.54) is 16.5 Å². The predicted molar refractivity (Wildman–Crippen MR) is 93.4 cm³/mol. The standard InChI is InChI=1S/C17H21N3O2S/c1-10-4-13(17-14(5-10)11(2)12(3)19-17)6-18-15(21)7-20-9-23-8-16(20)22/h4-5,19H,6-9H2,1-3H3,(H,18,21). The minimum atomic E-state index is -0.115. The first-order valence-corrected chi connectivity index (χ1v) is 8.82. The molecule has 5 nitrogen and oxygen atoms in total. The number of fused-ring (bicyclic) bond motifs is 1. The zero-order chi connectivity index (χ0) is 16.6. The van der Waals surface area contributed by atoms with Crippen molar-refractivity contribution in [2.75, 3.05) is 18.2 Å². The van der Waals surface area contributed by atoms with E-state index in [-0.39, 0.29) is 18.4 Å². The molecule has 0 atom stereocenters. The first-order valence-electron chi connectivity index (χ1n) is 7.66. The van der Waals surface area contributed by atoms with Crippen LogP contribution in [0.1, 0.15) is 22.4 Å². The molecule has 0 unspecified atom stereocenters. The Kier molecular flexibility index (Phi) is 4.35. The number of thioether (sulfide) groups is 1. The number of hydrogen-bond donors (Lipinski definition) is 2.